The summed E-state index contributed by atoms with van der Waals surface area (Å²) in [4.78, 5) is 18.6. The summed E-state index contributed by atoms with van der Waals surface area (Å²) in [6.45, 7) is 6.47. The number of hydrogen-bond acceptors (Lipinski definition) is 6. The lowest BCUT2D eigenvalue weighted by Gasteiger charge is -2.26. The number of aryl methyl sites for hydroxylation is 1. The highest BCUT2D eigenvalue weighted by atomic mass is 32.1. The van der Waals surface area contributed by atoms with E-state index >= 15 is 0 Å². The van der Waals surface area contributed by atoms with E-state index in [1.54, 1.807) is 6.92 Å². The van der Waals surface area contributed by atoms with Crippen molar-refractivity contribution >= 4 is 28.1 Å². The molecule has 0 aliphatic carbocycles. The highest BCUT2D eigenvalue weighted by molar-refractivity contribution is 7.17. The molecule has 0 spiro atoms. The molecule has 0 radical (unpaired) electrons. The van der Waals surface area contributed by atoms with E-state index in [4.69, 9.17) is 9.47 Å². The maximum Gasteiger partial charge on any atom is 0.347 e. The van der Waals surface area contributed by atoms with Crippen LogP contribution in [0.5, 0.6) is 5.75 Å². The van der Waals surface area contributed by atoms with Gasteiger partial charge in [0.15, 0.2) is 0 Å². The second-order valence-electron chi connectivity index (χ2n) is 6.70. The quantitative estimate of drug-likeness (QED) is 0.683. The molecular formula is C21H22N2O4S. The van der Waals surface area contributed by atoms with Crippen LogP contribution >= 0.6 is 11.3 Å². The highest BCUT2D eigenvalue weighted by Gasteiger charge is 2.20. The predicted molar refractivity (Wildman–Crippen MR) is 110 cm³/mol. The van der Waals surface area contributed by atoms with Crippen molar-refractivity contribution in [2.45, 2.75) is 6.92 Å². The number of benzene rings is 2. The Morgan fingerprint density at radius 2 is 2.04 bits per heavy atom. The minimum absolute atomic E-state index is 0.266. The predicted octanol–water partition coefficient (Wildman–Crippen LogP) is 3.68. The lowest BCUT2D eigenvalue weighted by atomic mass is 10.0. The van der Waals surface area contributed by atoms with Gasteiger partial charge in [-0.05, 0) is 23.8 Å². The molecule has 1 fully saturated rings. The first-order chi connectivity index (χ1) is 13.6. The zero-order valence-corrected chi connectivity index (χ0v) is 16.5. The Bertz CT molecular complexity index is 995. The van der Waals surface area contributed by atoms with Crippen LogP contribution in [0.3, 0.4) is 0 Å². The van der Waals surface area contributed by atoms with Crippen molar-refractivity contribution < 1.29 is 19.4 Å². The molecule has 7 heteroatoms. The molecule has 1 aliphatic heterocycles. The average Bonchev–Trinajstić information content (AvgIpc) is 3.10. The lowest BCUT2D eigenvalue weighted by molar-refractivity contribution is 0.0323. The summed E-state index contributed by atoms with van der Waals surface area (Å²) >= 11 is 1.19. The smallest absolute Gasteiger partial charge is 0.347 e. The molecule has 3 aromatic rings. The van der Waals surface area contributed by atoms with E-state index in [0.29, 0.717) is 17.3 Å². The topological polar surface area (TPSA) is 71.9 Å². The van der Waals surface area contributed by atoms with Gasteiger partial charge in [-0.25, -0.2) is 9.78 Å². The number of fused-ring (bicyclic) bond motifs is 1. The van der Waals surface area contributed by atoms with Gasteiger partial charge in [0.25, 0.3) is 0 Å². The number of carboxylic acid groups (broad SMARTS) is 1. The largest absolute Gasteiger partial charge is 0.491 e. The van der Waals surface area contributed by atoms with Crippen molar-refractivity contribution in [1.82, 2.24) is 9.88 Å². The SMILES string of the molecule is Cc1nc(-c2c(OCCN3CCOCC3)ccc3ccccc23)sc1C(=O)O. The molecule has 1 aliphatic rings. The number of aromatic nitrogens is 1. The molecule has 1 saturated heterocycles. The van der Waals surface area contributed by atoms with E-state index in [1.165, 1.54) is 11.3 Å². The Morgan fingerprint density at radius 3 is 2.79 bits per heavy atom. The molecule has 2 aromatic carbocycles. The van der Waals surface area contributed by atoms with Gasteiger partial charge in [0.05, 0.1) is 24.5 Å². The zero-order valence-electron chi connectivity index (χ0n) is 15.7. The number of carbonyl (C=O) groups is 1. The molecular weight excluding hydrogens is 376 g/mol. The Kier molecular flexibility index (Phi) is 5.57. The van der Waals surface area contributed by atoms with Gasteiger partial charge in [-0.2, -0.15) is 0 Å². The monoisotopic (exact) mass is 398 g/mol. The first-order valence-electron chi connectivity index (χ1n) is 9.29. The number of rotatable bonds is 6. The summed E-state index contributed by atoms with van der Waals surface area (Å²) in [5.41, 5.74) is 1.39. The average molecular weight is 398 g/mol. The van der Waals surface area contributed by atoms with Gasteiger partial charge in [0.1, 0.15) is 22.2 Å². The second kappa shape index (κ2) is 8.26. The Labute approximate surface area is 167 Å². The third-order valence-corrected chi connectivity index (χ3v) is 6.03. The Balaban J connectivity index is 1.67. The molecule has 0 unspecified atom stereocenters. The van der Waals surface area contributed by atoms with Crippen LogP contribution in [0.25, 0.3) is 21.3 Å². The van der Waals surface area contributed by atoms with Crippen molar-refractivity contribution in [3.8, 4) is 16.3 Å². The number of carboxylic acids is 1. The number of aromatic carboxylic acids is 1. The van der Waals surface area contributed by atoms with Crippen LogP contribution in [0.1, 0.15) is 15.4 Å². The van der Waals surface area contributed by atoms with E-state index in [9.17, 15) is 9.90 Å². The first-order valence-corrected chi connectivity index (χ1v) is 10.1. The van der Waals surface area contributed by atoms with Crippen LogP contribution in [0.2, 0.25) is 0 Å². The van der Waals surface area contributed by atoms with Crippen molar-refractivity contribution in [2.75, 3.05) is 39.5 Å². The van der Waals surface area contributed by atoms with Crippen molar-refractivity contribution in [3.63, 3.8) is 0 Å². The van der Waals surface area contributed by atoms with Gasteiger partial charge in [0, 0.05) is 19.6 Å². The first kappa shape index (κ1) is 18.9. The summed E-state index contributed by atoms with van der Waals surface area (Å²) < 4.78 is 11.5. The van der Waals surface area contributed by atoms with E-state index in [-0.39, 0.29) is 4.88 Å². The second-order valence-corrected chi connectivity index (χ2v) is 7.70. The van der Waals surface area contributed by atoms with Gasteiger partial charge >= 0.3 is 5.97 Å². The standard InChI is InChI=1S/C21H22N2O4S/c1-14-19(21(24)25)28-20(22-14)18-16-5-3-2-4-15(16)6-7-17(18)27-13-10-23-8-11-26-12-9-23/h2-7H,8-13H2,1H3,(H,24,25). The maximum absolute atomic E-state index is 11.5. The Hall–Kier alpha value is -2.48. The van der Waals surface area contributed by atoms with Gasteiger partial charge in [-0.3, -0.25) is 4.90 Å². The molecule has 28 heavy (non-hydrogen) atoms. The van der Waals surface area contributed by atoms with Gasteiger partial charge < -0.3 is 14.6 Å². The third kappa shape index (κ3) is 3.87. The van der Waals surface area contributed by atoms with Crippen LogP contribution in [0, 0.1) is 6.92 Å². The summed E-state index contributed by atoms with van der Waals surface area (Å²) in [5.74, 6) is -0.214. The van der Waals surface area contributed by atoms with Gasteiger partial charge in [0.2, 0.25) is 0 Å². The molecule has 146 valence electrons. The van der Waals surface area contributed by atoms with Crippen LogP contribution < -0.4 is 4.74 Å². The van der Waals surface area contributed by atoms with Crippen LogP contribution in [-0.4, -0.2) is 60.4 Å². The number of morpholine rings is 1. The van der Waals surface area contributed by atoms with E-state index in [0.717, 1.165) is 54.9 Å². The van der Waals surface area contributed by atoms with Crippen molar-refractivity contribution in [2.24, 2.45) is 0 Å². The molecule has 0 saturated carbocycles. The number of ether oxygens (including phenoxy) is 2. The van der Waals surface area contributed by atoms with Crippen molar-refractivity contribution in [1.29, 1.82) is 0 Å². The molecule has 0 atom stereocenters. The van der Waals surface area contributed by atoms with E-state index < -0.39 is 5.97 Å². The van der Waals surface area contributed by atoms with Crippen LogP contribution in [0.15, 0.2) is 36.4 Å². The zero-order chi connectivity index (χ0) is 19.5. The summed E-state index contributed by atoms with van der Waals surface area (Å²) in [6.07, 6.45) is 0. The van der Waals surface area contributed by atoms with Gasteiger partial charge in [-0.1, -0.05) is 30.3 Å². The van der Waals surface area contributed by atoms with Gasteiger partial charge in [-0.15, -0.1) is 11.3 Å². The molecule has 0 amide bonds. The number of thiazole rings is 1. The van der Waals surface area contributed by atoms with Crippen LogP contribution in [0.4, 0.5) is 0 Å². The lowest BCUT2D eigenvalue weighted by Crippen LogP contribution is -2.38. The summed E-state index contributed by atoms with van der Waals surface area (Å²) in [7, 11) is 0. The molecule has 6 nitrogen and oxygen atoms in total. The van der Waals surface area contributed by atoms with Crippen molar-refractivity contribution in [3.05, 3.63) is 47.0 Å². The molecule has 4 rings (SSSR count). The fraction of sp³-hybridized carbons (Fsp3) is 0.333. The highest BCUT2D eigenvalue weighted by Crippen LogP contribution is 2.40. The molecule has 1 aromatic heterocycles. The van der Waals surface area contributed by atoms with E-state index in [1.807, 2.05) is 36.4 Å². The number of nitrogens with zero attached hydrogens (tertiary/aromatic N) is 2. The molecule has 2 heterocycles. The fourth-order valence-electron chi connectivity index (χ4n) is 3.40. The minimum atomic E-state index is -0.948. The normalized spacial score (nSPS) is 15.0. The van der Waals surface area contributed by atoms with E-state index in [2.05, 4.69) is 9.88 Å². The molecule has 0 bridgehead atoms. The summed E-state index contributed by atoms with van der Waals surface area (Å²) in [5, 5.41) is 12.2. The fourth-order valence-corrected chi connectivity index (χ4v) is 4.37. The molecule has 1 N–H and O–H groups in total. The maximum atomic E-state index is 11.5. The summed E-state index contributed by atoms with van der Waals surface area (Å²) in [6, 6.07) is 12.0. The minimum Gasteiger partial charge on any atom is -0.491 e. The Morgan fingerprint density at radius 1 is 1.25 bits per heavy atom. The van der Waals surface area contributed by atoms with Crippen LogP contribution in [-0.2, 0) is 4.74 Å². The number of hydrogen-bond donors (Lipinski definition) is 1. The third-order valence-electron chi connectivity index (χ3n) is 4.86.